The zero-order valence-corrected chi connectivity index (χ0v) is 16.2. The minimum atomic E-state index is -0.718. The van der Waals surface area contributed by atoms with Crippen LogP contribution in [0.25, 0.3) is 0 Å². The van der Waals surface area contributed by atoms with Crippen molar-refractivity contribution in [3.8, 4) is 11.5 Å². The van der Waals surface area contributed by atoms with Gasteiger partial charge in [-0.05, 0) is 36.1 Å². The van der Waals surface area contributed by atoms with Crippen LogP contribution in [0, 0.1) is 10.1 Å². The third-order valence-electron chi connectivity index (χ3n) is 3.97. The van der Waals surface area contributed by atoms with Gasteiger partial charge in [-0.25, -0.2) is 5.43 Å². The summed E-state index contributed by atoms with van der Waals surface area (Å²) >= 11 is 0. The first-order chi connectivity index (χ1) is 13.1. The number of ether oxygens (including phenoxy) is 1. The average molecular weight is 385 g/mol. The summed E-state index contributed by atoms with van der Waals surface area (Å²) < 4.78 is 5.20. The molecule has 2 N–H and O–H groups in total. The molecule has 2 rings (SSSR count). The van der Waals surface area contributed by atoms with Crippen molar-refractivity contribution in [1.29, 1.82) is 0 Å². The Morgan fingerprint density at radius 2 is 1.93 bits per heavy atom. The molecule has 0 bridgehead atoms. The Morgan fingerprint density at radius 1 is 1.29 bits per heavy atom. The first-order valence-electron chi connectivity index (χ1n) is 8.71. The summed E-state index contributed by atoms with van der Waals surface area (Å²) in [6.45, 7) is 8.17. The minimum Gasteiger partial charge on any atom is -0.500 e. The van der Waals surface area contributed by atoms with Crippen LogP contribution in [0.4, 0.5) is 5.69 Å². The number of carbonyl (C=O) groups excluding carboxylic acids is 1. The van der Waals surface area contributed by atoms with Gasteiger partial charge in [0.1, 0.15) is 0 Å². The van der Waals surface area contributed by atoms with Gasteiger partial charge in [-0.3, -0.25) is 14.9 Å². The van der Waals surface area contributed by atoms with Gasteiger partial charge < -0.3 is 9.84 Å². The molecular weight excluding hydrogens is 362 g/mol. The average Bonchev–Trinajstić information content (AvgIpc) is 2.63. The molecule has 0 aliphatic carbocycles. The van der Waals surface area contributed by atoms with Crippen molar-refractivity contribution in [3.63, 3.8) is 0 Å². The van der Waals surface area contributed by atoms with Gasteiger partial charge in [0, 0.05) is 17.2 Å². The first-order valence-corrected chi connectivity index (χ1v) is 8.71. The van der Waals surface area contributed by atoms with Crippen LogP contribution in [0.5, 0.6) is 11.5 Å². The van der Waals surface area contributed by atoms with Crippen molar-refractivity contribution >= 4 is 17.8 Å². The molecule has 0 atom stereocenters. The number of aromatic hydroxyl groups is 1. The molecule has 1 amide bonds. The lowest BCUT2D eigenvalue weighted by molar-refractivity contribution is -0.386. The van der Waals surface area contributed by atoms with Crippen LogP contribution in [0.1, 0.15) is 49.2 Å². The van der Waals surface area contributed by atoms with Crippen LogP contribution < -0.4 is 10.2 Å². The number of nitrogens with zero attached hydrogens (tertiary/aromatic N) is 2. The third-order valence-corrected chi connectivity index (χ3v) is 3.97. The zero-order valence-electron chi connectivity index (χ0n) is 16.2. The summed E-state index contributed by atoms with van der Waals surface area (Å²) in [5, 5.41) is 24.8. The van der Waals surface area contributed by atoms with Gasteiger partial charge in [-0.15, -0.1) is 0 Å². The molecular formula is C20H23N3O5. The molecule has 0 saturated heterocycles. The molecule has 0 spiro atoms. The van der Waals surface area contributed by atoms with Crippen LogP contribution in [0.3, 0.4) is 0 Å². The zero-order chi connectivity index (χ0) is 20.9. The number of nitro groups is 1. The van der Waals surface area contributed by atoms with Crippen molar-refractivity contribution < 1.29 is 19.6 Å². The van der Waals surface area contributed by atoms with Gasteiger partial charge >= 0.3 is 5.69 Å². The quantitative estimate of drug-likeness (QED) is 0.446. The number of rotatable bonds is 6. The summed E-state index contributed by atoms with van der Waals surface area (Å²) in [7, 11) is 0. The monoisotopic (exact) mass is 385 g/mol. The van der Waals surface area contributed by atoms with E-state index in [-0.39, 0.29) is 17.8 Å². The number of phenols is 1. The van der Waals surface area contributed by atoms with Crippen molar-refractivity contribution in [2.24, 2.45) is 5.10 Å². The van der Waals surface area contributed by atoms with E-state index in [2.05, 4.69) is 31.3 Å². The third kappa shape index (κ3) is 5.06. The van der Waals surface area contributed by atoms with E-state index in [1.165, 1.54) is 12.3 Å². The fourth-order valence-electron chi connectivity index (χ4n) is 2.44. The molecule has 2 aromatic carbocycles. The van der Waals surface area contributed by atoms with Crippen molar-refractivity contribution in [1.82, 2.24) is 5.43 Å². The Hall–Kier alpha value is -3.42. The predicted octanol–water partition coefficient (Wildman–Crippen LogP) is 3.76. The predicted molar refractivity (Wildman–Crippen MR) is 106 cm³/mol. The second kappa shape index (κ2) is 8.51. The SMILES string of the molecule is CCOc1cc(C=NNC(=O)c2ccc(C(C)(C)C)cc2)cc([N+](=O)[O-])c1O. The molecule has 28 heavy (non-hydrogen) atoms. The Labute approximate surface area is 163 Å². The van der Waals surface area contributed by atoms with Crippen molar-refractivity contribution in [2.45, 2.75) is 33.1 Å². The summed E-state index contributed by atoms with van der Waals surface area (Å²) in [6, 6.07) is 9.74. The van der Waals surface area contributed by atoms with Gasteiger partial charge in [0.15, 0.2) is 5.75 Å². The molecule has 2 aromatic rings. The summed E-state index contributed by atoms with van der Waals surface area (Å²) in [6.07, 6.45) is 1.25. The molecule has 0 aromatic heterocycles. The van der Waals surface area contributed by atoms with Gasteiger partial charge in [0.2, 0.25) is 5.75 Å². The number of hydrogen-bond donors (Lipinski definition) is 2. The number of phenolic OH excluding ortho intramolecular Hbond substituents is 1. The highest BCUT2D eigenvalue weighted by molar-refractivity contribution is 5.95. The number of nitrogens with one attached hydrogen (secondary N) is 1. The molecule has 0 aliphatic heterocycles. The molecule has 0 heterocycles. The lowest BCUT2D eigenvalue weighted by atomic mass is 9.87. The van der Waals surface area contributed by atoms with E-state index in [1.54, 1.807) is 19.1 Å². The molecule has 8 heteroatoms. The summed E-state index contributed by atoms with van der Waals surface area (Å²) in [5.41, 5.74) is 3.71. The number of amides is 1. The molecule has 0 fully saturated rings. The summed E-state index contributed by atoms with van der Waals surface area (Å²) in [5.74, 6) is -0.982. The van der Waals surface area contributed by atoms with Crippen molar-refractivity contribution in [2.75, 3.05) is 6.61 Å². The first kappa shape index (κ1) is 20.9. The maximum atomic E-state index is 12.2. The van der Waals surface area contributed by atoms with E-state index in [4.69, 9.17) is 4.74 Å². The van der Waals surface area contributed by atoms with Crippen LogP contribution in [0.15, 0.2) is 41.5 Å². The Bertz CT molecular complexity index is 899. The molecule has 0 saturated carbocycles. The topological polar surface area (TPSA) is 114 Å². The van der Waals surface area contributed by atoms with Gasteiger partial charge in [0.25, 0.3) is 5.91 Å². The van der Waals surface area contributed by atoms with Gasteiger partial charge in [0.05, 0.1) is 17.7 Å². The van der Waals surface area contributed by atoms with E-state index in [9.17, 15) is 20.0 Å². The molecule has 0 unspecified atom stereocenters. The van der Waals surface area contributed by atoms with E-state index in [0.717, 1.165) is 11.6 Å². The van der Waals surface area contributed by atoms with Crippen LogP contribution in [-0.2, 0) is 5.41 Å². The van der Waals surface area contributed by atoms with Crippen LogP contribution in [0.2, 0.25) is 0 Å². The highest BCUT2D eigenvalue weighted by atomic mass is 16.6. The number of hydrogen-bond acceptors (Lipinski definition) is 6. The van der Waals surface area contributed by atoms with Crippen LogP contribution in [-0.4, -0.2) is 28.8 Å². The Morgan fingerprint density at radius 3 is 2.46 bits per heavy atom. The lowest BCUT2D eigenvalue weighted by Gasteiger charge is -2.18. The number of benzene rings is 2. The Kier molecular flexibility index (Phi) is 6.35. The van der Waals surface area contributed by atoms with Crippen molar-refractivity contribution in [3.05, 3.63) is 63.2 Å². The standard InChI is InChI=1S/C20H23N3O5/c1-5-28-17-11-13(10-16(18(17)24)23(26)27)12-21-22-19(25)14-6-8-15(9-7-14)20(2,3)4/h6-12,24H,5H2,1-4H3,(H,22,25). The largest absolute Gasteiger partial charge is 0.500 e. The van der Waals surface area contributed by atoms with E-state index in [0.29, 0.717) is 11.1 Å². The molecule has 148 valence electrons. The fourth-order valence-corrected chi connectivity index (χ4v) is 2.44. The number of carbonyl (C=O) groups is 1. The maximum absolute atomic E-state index is 12.2. The second-order valence-electron chi connectivity index (χ2n) is 7.10. The van der Waals surface area contributed by atoms with E-state index >= 15 is 0 Å². The number of hydrazone groups is 1. The molecule has 0 aliphatic rings. The highest BCUT2D eigenvalue weighted by Crippen LogP contribution is 2.36. The minimum absolute atomic E-state index is 0.0149. The number of nitro benzene ring substituents is 1. The smallest absolute Gasteiger partial charge is 0.315 e. The maximum Gasteiger partial charge on any atom is 0.315 e. The molecule has 0 radical (unpaired) electrons. The van der Waals surface area contributed by atoms with Gasteiger partial charge in [-0.1, -0.05) is 32.9 Å². The van der Waals surface area contributed by atoms with E-state index in [1.807, 2.05) is 12.1 Å². The van der Waals surface area contributed by atoms with E-state index < -0.39 is 22.3 Å². The molecule has 8 nitrogen and oxygen atoms in total. The lowest BCUT2D eigenvalue weighted by Crippen LogP contribution is -2.18. The second-order valence-corrected chi connectivity index (χ2v) is 7.10. The fraction of sp³-hybridized carbons (Fsp3) is 0.300. The normalized spacial score (nSPS) is 11.4. The highest BCUT2D eigenvalue weighted by Gasteiger charge is 2.19. The van der Waals surface area contributed by atoms with Crippen LogP contribution >= 0.6 is 0 Å². The summed E-state index contributed by atoms with van der Waals surface area (Å²) in [4.78, 5) is 22.6. The van der Waals surface area contributed by atoms with Gasteiger partial charge in [-0.2, -0.15) is 5.10 Å². The Balaban J connectivity index is 2.15.